The van der Waals surface area contributed by atoms with Gasteiger partial charge in [-0.05, 0) is 35.0 Å². The van der Waals surface area contributed by atoms with Gasteiger partial charge in [-0.2, -0.15) is 5.10 Å². The maximum absolute atomic E-state index is 11.7. The molecule has 2 aromatic carbocycles. The molecule has 0 spiro atoms. The normalized spacial score (nSPS) is 10.9. The molecular weight excluding hydrogens is 276 g/mol. The minimum absolute atomic E-state index is 0.167. The molecule has 22 heavy (non-hydrogen) atoms. The van der Waals surface area contributed by atoms with Gasteiger partial charge in [0.1, 0.15) is 0 Å². The van der Waals surface area contributed by atoms with Gasteiger partial charge in [-0.25, -0.2) is 5.43 Å². The second-order valence-corrected chi connectivity index (χ2v) is 4.83. The summed E-state index contributed by atoms with van der Waals surface area (Å²) in [5.74, 6) is -0.198. The molecule has 0 atom stereocenters. The average Bonchev–Trinajstić information content (AvgIpc) is 3.06. The van der Waals surface area contributed by atoms with Crippen molar-refractivity contribution >= 4 is 28.6 Å². The van der Waals surface area contributed by atoms with Crippen molar-refractivity contribution in [3.63, 3.8) is 0 Å². The maximum atomic E-state index is 11.7. The summed E-state index contributed by atoms with van der Waals surface area (Å²) < 4.78 is 0. The molecule has 1 heterocycles. The van der Waals surface area contributed by atoms with Gasteiger partial charge in [0, 0.05) is 11.9 Å². The lowest BCUT2D eigenvalue weighted by molar-refractivity contribution is -0.119. The Kier molecular flexibility index (Phi) is 4.15. The number of nitrogens with one attached hydrogen (secondary N) is 3. The van der Waals surface area contributed by atoms with Crippen molar-refractivity contribution < 1.29 is 4.79 Å². The molecule has 3 aromatic rings. The third-order valence-electron chi connectivity index (χ3n) is 3.22. The highest BCUT2D eigenvalue weighted by Crippen LogP contribution is 2.18. The van der Waals surface area contributed by atoms with Crippen molar-refractivity contribution in [3.05, 3.63) is 66.5 Å². The van der Waals surface area contributed by atoms with Gasteiger partial charge in [0.2, 0.25) is 0 Å². The number of hydrogen-bond donors (Lipinski definition) is 3. The van der Waals surface area contributed by atoms with Gasteiger partial charge in [-0.1, -0.05) is 30.3 Å². The number of aromatic nitrogens is 1. The molecule has 3 N–H and O–H groups in total. The number of aromatic amines is 1. The van der Waals surface area contributed by atoms with Crippen LogP contribution >= 0.6 is 0 Å². The van der Waals surface area contributed by atoms with E-state index in [1.807, 2.05) is 48.5 Å². The van der Waals surface area contributed by atoms with Crippen LogP contribution in [0.2, 0.25) is 0 Å². The summed E-state index contributed by atoms with van der Waals surface area (Å²) in [5.41, 5.74) is 4.22. The lowest BCUT2D eigenvalue weighted by atomic mass is 10.1. The van der Waals surface area contributed by atoms with Crippen molar-refractivity contribution in [1.82, 2.24) is 10.4 Å². The summed E-state index contributed by atoms with van der Waals surface area (Å²) in [6, 6.07) is 17.8. The van der Waals surface area contributed by atoms with E-state index in [4.69, 9.17) is 0 Å². The van der Waals surface area contributed by atoms with Crippen molar-refractivity contribution in [1.29, 1.82) is 0 Å². The predicted octanol–water partition coefficient (Wildman–Crippen LogP) is 2.73. The lowest BCUT2D eigenvalue weighted by Crippen LogP contribution is -2.25. The predicted molar refractivity (Wildman–Crippen MR) is 89.0 cm³/mol. The molecule has 1 aromatic heterocycles. The molecule has 0 saturated carbocycles. The standard InChI is InChI=1S/C17H16N4O/c22-17(21-20-11-16-6-3-9-18-16)12-19-15-8-7-13-4-1-2-5-14(13)10-15/h1-11,18-19H,12H2,(H,21,22)/b20-11-. The minimum atomic E-state index is -0.198. The van der Waals surface area contributed by atoms with Crippen LogP contribution in [-0.4, -0.2) is 23.7 Å². The fourth-order valence-corrected chi connectivity index (χ4v) is 2.12. The van der Waals surface area contributed by atoms with E-state index < -0.39 is 0 Å². The summed E-state index contributed by atoms with van der Waals surface area (Å²) in [6.07, 6.45) is 3.36. The number of fused-ring (bicyclic) bond motifs is 1. The Morgan fingerprint density at radius 2 is 1.95 bits per heavy atom. The quantitative estimate of drug-likeness (QED) is 0.500. The number of rotatable bonds is 5. The van der Waals surface area contributed by atoms with Gasteiger partial charge >= 0.3 is 0 Å². The van der Waals surface area contributed by atoms with Crippen molar-refractivity contribution in [2.45, 2.75) is 0 Å². The fraction of sp³-hybridized carbons (Fsp3) is 0.0588. The number of hydrazone groups is 1. The molecule has 0 fully saturated rings. The molecule has 0 aliphatic rings. The molecular formula is C17H16N4O. The number of hydrogen-bond acceptors (Lipinski definition) is 3. The van der Waals surface area contributed by atoms with Gasteiger partial charge in [-0.15, -0.1) is 0 Å². The Labute approximate surface area is 128 Å². The number of benzene rings is 2. The van der Waals surface area contributed by atoms with Crippen molar-refractivity contribution in [2.24, 2.45) is 5.10 Å². The zero-order valence-corrected chi connectivity index (χ0v) is 11.9. The molecule has 3 rings (SSSR count). The second-order valence-electron chi connectivity index (χ2n) is 4.83. The van der Waals surface area contributed by atoms with Crippen LogP contribution in [0.25, 0.3) is 10.8 Å². The first kappa shape index (κ1) is 13.9. The summed E-state index contributed by atoms with van der Waals surface area (Å²) in [7, 11) is 0. The number of carbonyl (C=O) groups is 1. The summed E-state index contributed by atoms with van der Waals surface area (Å²) >= 11 is 0. The van der Waals surface area contributed by atoms with Crippen LogP contribution in [-0.2, 0) is 4.79 Å². The van der Waals surface area contributed by atoms with E-state index in [0.717, 1.165) is 16.8 Å². The smallest absolute Gasteiger partial charge is 0.259 e. The first-order chi connectivity index (χ1) is 10.8. The van der Waals surface area contributed by atoms with E-state index in [2.05, 4.69) is 26.9 Å². The number of H-pyrrole nitrogens is 1. The molecule has 1 amide bonds. The summed E-state index contributed by atoms with van der Waals surface area (Å²) in [5, 5.41) is 9.28. The van der Waals surface area contributed by atoms with Crippen LogP contribution in [0.4, 0.5) is 5.69 Å². The molecule has 0 saturated heterocycles. The van der Waals surface area contributed by atoms with Gasteiger partial charge in [0.05, 0.1) is 18.5 Å². The fourth-order valence-electron chi connectivity index (χ4n) is 2.12. The topological polar surface area (TPSA) is 69.3 Å². The van der Waals surface area contributed by atoms with Crippen molar-refractivity contribution in [2.75, 3.05) is 11.9 Å². The molecule has 5 heteroatoms. The van der Waals surface area contributed by atoms with E-state index >= 15 is 0 Å². The first-order valence-electron chi connectivity index (χ1n) is 6.99. The number of carbonyl (C=O) groups excluding carboxylic acids is 1. The molecule has 0 unspecified atom stereocenters. The first-order valence-corrected chi connectivity index (χ1v) is 6.99. The molecule has 5 nitrogen and oxygen atoms in total. The number of amides is 1. The Morgan fingerprint density at radius 1 is 1.09 bits per heavy atom. The zero-order chi connectivity index (χ0) is 15.2. The molecule has 0 radical (unpaired) electrons. The SMILES string of the molecule is O=C(CNc1ccc2ccccc2c1)N/N=C\c1ccc[nH]1. The highest BCUT2D eigenvalue weighted by Gasteiger charge is 2.00. The van der Waals surface area contributed by atoms with Crippen molar-refractivity contribution in [3.8, 4) is 0 Å². The van der Waals surface area contributed by atoms with Gasteiger partial charge in [-0.3, -0.25) is 4.79 Å². The van der Waals surface area contributed by atoms with E-state index in [9.17, 15) is 4.79 Å². The van der Waals surface area contributed by atoms with E-state index in [0.29, 0.717) is 0 Å². The Bertz CT molecular complexity index is 793. The highest BCUT2D eigenvalue weighted by molar-refractivity contribution is 5.87. The van der Waals surface area contributed by atoms with E-state index in [-0.39, 0.29) is 12.5 Å². The lowest BCUT2D eigenvalue weighted by Gasteiger charge is -2.06. The molecule has 110 valence electrons. The van der Waals surface area contributed by atoms with Gasteiger partial charge < -0.3 is 10.3 Å². The molecule has 0 aliphatic heterocycles. The molecule has 0 bridgehead atoms. The highest BCUT2D eigenvalue weighted by atomic mass is 16.2. The van der Waals surface area contributed by atoms with E-state index in [1.165, 1.54) is 5.39 Å². The maximum Gasteiger partial charge on any atom is 0.259 e. The monoisotopic (exact) mass is 292 g/mol. The Hall–Kier alpha value is -3.08. The third-order valence-corrected chi connectivity index (χ3v) is 3.22. The minimum Gasteiger partial charge on any atom is -0.376 e. The van der Waals surface area contributed by atoms with Crippen LogP contribution in [0, 0.1) is 0 Å². The largest absolute Gasteiger partial charge is 0.376 e. The number of anilines is 1. The third kappa shape index (κ3) is 3.52. The average molecular weight is 292 g/mol. The summed E-state index contributed by atoms with van der Waals surface area (Å²) in [4.78, 5) is 14.7. The van der Waals surface area contributed by atoms with Crippen LogP contribution in [0.1, 0.15) is 5.69 Å². The zero-order valence-electron chi connectivity index (χ0n) is 11.9. The number of nitrogens with zero attached hydrogens (tertiary/aromatic N) is 1. The van der Waals surface area contributed by atoms with Crippen LogP contribution in [0.5, 0.6) is 0 Å². The molecule has 0 aliphatic carbocycles. The van der Waals surface area contributed by atoms with Gasteiger partial charge in [0.25, 0.3) is 5.91 Å². The van der Waals surface area contributed by atoms with Crippen LogP contribution in [0.3, 0.4) is 0 Å². The summed E-state index contributed by atoms with van der Waals surface area (Å²) in [6.45, 7) is 0.167. The Balaban J connectivity index is 1.53. The van der Waals surface area contributed by atoms with Crippen LogP contribution in [0.15, 0.2) is 65.9 Å². The van der Waals surface area contributed by atoms with Crippen LogP contribution < -0.4 is 10.7 Å². The van der Waals surface area contributed by atoms with Gasteiger partial charge in [0.15, 0.2) is 0 Å². The van der Waals surface area contributed by atoms with E-state index in [1.54, 1.807) is 12.4 Å². The Morgan fingerprint density at radius 3 is 2.77 bits per heavy atom. The second kappa shape index (κ2) is 6.58.